The van der Waals surface area contributed by atoms with E-state index in [0.717, 1.165) is 25.2 Å². The molecule has 6 rings (SSSR count). The summed E-state index contributed by atoms with van der Waals surface area (Å²) >= 11 is 0. The smallest absolute Gasteiger partial charge is 0.410 e. The predicted octanol–water partition coefficient (Wildman–Crippen LogP) is 7.07. The lowest BCUT2D eigenvalue weighted by atomic mass is 9.82. The molecule has 32 heavy (non-hydrogen) atoms. The number of carbonyl (C=O) groups excluding carboxylic acids is 1. The molecule has 2 unspecified atom stereocenters. The number of piperidine rings is 1. The molecule has 2 heterocycles. The highest BCUT2D eigenvalue weighted by atomic mass is 16.6. The van der Waals surface area contributed by atoms with Crippen LogP contribution < -0.4 is 0 Å². The highest BCUT2D eigenvalue weighted by molar-refractivity contribution is 5.79. The van der Waals surface area contributed by atoms with Crippen molar-refractivity contribution in [2.45, 2.75) is 75.8 Å². The zero-order chi connectivity index (χ0) is 21.5. The molecule has 1 saturated carbocycles. The van der Waals surface area contributed by atoms with Crippen LogP contribution in [0.3, 0.4) is 0 Å². The Morgan fingerprint density at radius 1 is 0.875 bits per heavy atom. The first-order valence-corrected chi connectivity index (χ1v) is 12.6. The normalized spacial score (nSPS) is 24.8. The SMILES string of the molecule is O=C(OCC1c2ccccc2-c2ccccc21)N1C2C=C(CC3CCCC3)CC1CCC2. The molecular formula is C29H33NO2. The van der Waals surface area contributed by atoms with Gasteiger partial charge in [-0.1, -0.05) is 85.9 Å². The van der Waals surface area contributed by atoms with E-state index in [2.05, 4.69) is 59.5 Å². The van der Waals surface area contributed by atoms with Crippen molar-refractivity contribution in [1.82, 2.24) is 4.90 Å². The minimum Gasteiger partial charge on any atom is -0.448 e. The third kappa shape index (κ3) is 3.56. The van der Waals surface area contributed by atoms with Crippen molar-refractivity contribution in [3.05, 3.63) is 71.3 Å². The largest absolute Gasteiger partial charge is 0.448 e. The number of rotatable bonds is 4. The molecule has 0 spiro atoms. The van der Waals surface area contributed by atoms with E-state index >= 15 is 0 Å². The first kappa shape index (κ1) is 20.1. The van der Waals surface area contributed by atoms with Gasteiger partial charge in [0.15, 0.2) is 0 Å². The third-order valence-electron chi connectivity index (χ3n) is 8.29. The summed E-state index contributed by atoms with van der Waals surface area (Å²) in [6.45, 7) is 0.418. The lowest BCUT2D eigenvalue weighted by molar-refractivity contribution is 0.0505. The fourth-order valence-electron chi connectivity index (χ4n) is 6.81. The van der Waals surface area contributed by atoms with Crippen LogP contribution in [0.4, 0.5) is 4.79 Å². The van der Waals surface area contributed by atoms with Gasteiger partial charge in [-0.3, -0.25) is 4.90 Å². The summed E-state index contributed by atoms with van der Waals surface area (Å²) in [6.07, 6.45) is 13.6. The van der Waals surface area contributed by atoms with Crippen LogP contribution in [0.2, 0.25) is 0 Å². The molecule has 2 bridgehead atoms. The maximum atomic E-state index is 13.3. The van der Waals surface area contributed by atoms with Gasteiger partial charge in [0.2, 0.25) is 0 Å². The van der Waals surface area contributed by atoms with Gasteiger partial charge in [-0.25, -0.2) is 4.79 Å². The zero-order valence-corrected chi connectivity index (χ0v) is 18.8. The maximum Gasteiger partial charge on any atom is 0.410 e. The molecule has 2 aliphatic heterocycles. The van der Waals surface area contributed by atoms with Crippen LogP contribution in [0.15, 0.2) is 60.2 Å². The van der Waals surface area contributed by atoms with Gasteiger partial charge in [0.25, 0.3) is 0 Å². The Kier molecular flexibility index (Phi) is 5.29. The van der Waals surface area contributed by atoms with Crippen molar-refractivity contribution >= 4 is 6.09 Å². The molecule has 166 valence electrons. The van der Waals surface area contributed by atoms with Crippen LogP contribution in [0.25, 0.3) is 11.1 Å². The third-order valence-corrected chi connectivity index (χ3v) is 8.29. The van der Waals surface area contributed by atoms with Crippen molar-refractivity contribution in [2.75, 3.05) is 6.61 Å². The van der Waals surface area contributed by atoms with Gasteiger partial charge in [0.1, 0.15) is 6.61 Å². The van der Waals surface area contributed by atoms with Gasteiger partial charge in [0.05, 0.1) is 6.04 Å². The van der Waals surface area contributed by atoms with Gasteiger partial charge in [-0.2, -0.15) is 0 Å². The summed E-state index contributed by atoms with van der Waals surface area (Å²) in [5.41, 5.74) is 6.71. The van der Waals surface area contributed by atoms with Crippen LogP contribution in [-0.4, -0.2) is 29.7 Å². The number of hydrogen-bond acceptors (Lipinski definition) is 2. The summed E-state index contributed by atoms with van der Waals surface area (Å²) in [4.78, 5) is 15.4. The molecule has 2 aromatic carbocycles. The molecule has 2 aliphatic carbocycles. The monoisotopic (exact) mass is 427 g/mol. The topological polar surface area (TPSA) is 29.5 Å². The maximum absolute atomic E-state index is 13.3. The Balaban J connectivity index is 1.17. The van der Waals surface area contributed by atoms with Crippen molar-refractivity contribution in [1.29, 1.82) is 0 Å². The molecule has 1 amide bonds. The minimum absolute atomic E-state index is 0.113. The number of benzene rings is 2. The van der Waals surface area contributed by atoms with E-state index in [0.29, 0.717) is 12.6 Å². The number of ether oxygens (including phenoxy) is 1. The van der Waals surface area contributed by atoms with Crippen LogP contribution >= 0.6 is 0 Å². The average molecular weight is 428 g/mol. The second kappa shape index (κ2) is 8.42. The van der Waals surface area contributed by atoms with E-state index in [-0.39, 0.29) is 18.1 Å². The van der Waals surface area contributed by atoms with E-state index < -0.39 is 0 Å². The van der Waals surface area contributed by atoms with Crippen LogP contribution in [0, 0.1) is 5.92 Å². The minimum atomic E-state index is -0.113. The molecule has 0 aromatic heterocycles. The van der Waals surface area contributed by atoms with Crippen LogP contribution in [0.1, 0.15) is 74.8 Å². The fourth-order valence-corrected chi connectivity index (χ4v) is 6.81. The zero-order valence-electron chi connectivity index (χ0n) is 18.8. The fraction of sp³-hybridized carbons (Fsp3) is 0.483. The summed E-state index contributed by atoms with van der Waals surface area (Å²) in [5.74, 6) is 1.01. The molecule has 3 nitrogen and oxygen atoms in total. The van der Waals surface area contributed by atoms with Crippen molar-refractivity contribution in [2.24, 2.45) is 5.92 Å². The van der Waals surface area contributed by atoms with E-state index in [1.165, 1.54) is 60.8 Å². The van der Waals surface area contributed by atoms with Crippen molar-refractivity contribution in [3.8, 4) is 11.1 Å². The Labute approximate surface area is 191 Å². The number of amides is 1. The van der Waals surface area contributed by atoms with Gasteiger partial charge in [-0.05, 0) is 60.3 Å². The standard InChI is InChI=1S/C29H33NO2/c31-29(30-22-10-7-11-23(30)18-21(17-22)16-20-8-1-2-9-20)32-19-28-26-14-5-3-12-24(26)25-13-4-6-15-27(25)28/h3-6,12-15,17,20,22-23,28H,1-2,7-11,16,18-19H2. The summed E-state index contributed by atoms with van der Waals surface area (Å²) < 4.78 is 6.04. The second-order valence-electron chi connectivity index (χ2n) is 10.2. The highest BCUT2D eigenvalue weighted by Gasteiger charge is 2.39. The molecule has 0 N–H and O–H groups in total. The Bertz CT molecular complexity index is 989. The molecular weight excluding hydrogens is 394 g/mol. The van der Waals surface area contributed by atoms with Gasteiger partial charge in [-0.15, -0.1) is 0 Å². The lowest BCUT2D eigenvalue weighted by Gasteiger charge is -2.44. The Hall–Kier alpha value is -2.55. The Morgan fingerprint density at radius 2 is 1.56 bits per heavy atom. The molecule has 0 radical (unpaired) electrons. The lowest BCUT2D eigenvalue weighted by Crippen LogP contribution is -2.52. The van der Waals surface area contributed by atoms with Crippen molar-refractivity contribution in [3.63, 3.8) is 0 Å². The number of nitrogens with zero attached hydrogens (tertiary/aromatic N) is 1. The molecule has 2 fully saturated rings. The second-order valence-corrected chi connectivity index (χ2v) is 10.2. The predicted molar refractivity (Wildman–Crippen MR) is 128 cm³/mol. The van der Waals surface area contributed by atoms with E-state index in [1.54, 1.807) is 5.57 Å². The number of carbonyl (C=O) groups is 1. The highest BCUT2D eigenvalue weighted by Crippen LogP contribution is 2.45. The molecule has 1 saturated heterocycles. The summed E-state index contributed by atoms with van der Waals surface area (Å²) in [6, 6.07) is 17.6. The van der Waals surface area contributed by atoms with Gasteiger partial charge in [0, 0.05) is 12.0 Å². The first-order valence-electron chi connectivity index (χ1n) is 12.6. The molecule has 2 aromatic rings. The van der Waals surface area contributed by atoms with E-state index in [1.807, 2.05) is 0 Å². The number of fused-ring (bicyclic) bond motifs is 5. The number of hydrogen-bond donors (Lipinski definition) is 0. The van der Waals surface area contributed by atoms with Crippen LogP contribution in [-0.2, 0) is 4.74 Å². The van der Waals surface area contributed by atoms with Crippen molar-refractivity contribution < 1.29 is 9.53 Å². The summed E-state index contributed by atoms with van der Waals surface area (Å²) in [5, 5.41) is 0. The van der Waals surface area contributed by atoms with E-state index in [4.69, 9.17) is 4.74 Å². The average Bonchev–Trinajstić information content (AvgIpc) is 3.43. The first-order chi connectivity index (χ1) is 15.8. The molecule has 2 atom stereocenters. The quantitative estimate of drug-likeness (QED) is 0.488. The van der Waals surface area contributed by atoms with Gasteiger partial charge >= 0.3 is 6.09 Å². The Morgan fingerprint density at radius 3 is 2.25 bits per heavy atom. The van der Waals surface area contributed by atoms with E-state index in [9.17, 15) is 4.79 Å². The summed E-state index contributed by atoms with van der Waals surface area (Å²) in [7, 11) is 0. The molecule has 3 heteroatoms. The van der Waals surface area contributed by atoms with Gasteiger partial charge < -0.3 is 4.74 Å². The van der Waals surface area contributed by atoms with Crippen LogP contribution in [0.5, 0.6) is 0 Å². The molecule has 4 aliphatic rings.